The molecule has 25 heavy (non-hydrogen) atoms. The van der Waals surface area contributed by atoms with E-state index < -0.39 is 0 Å². The van der Waals surface area contributed by atoms with Crippen LogP contribution in [-0.4, -0.2) is 39.1 Å². The zero-order valence-corrected chi connectivity index (χ0v) is 14.2. The van der Waals surface area contributed by atoms with Crippen molar-refractivity contribution in [3.05, 3.63) is 53.5 Å². The van der Waals surface area contributed by atoms with Crippen LogP contribution in [0.15, 0.2) is 36.7 Å². The third-order valence-electron chi connectivity index (χ3n) is 6.07. The number of carbonyl (C=O) groups is 1. The fraction of sp³-hybridized carbons (Fsp3) is 0.400. The van der Waals surface area contributed by atoms with Gasteiger partial charge in [0.1, 0.15) is 0 Å². The topological polar surface area (TPSA) is 64.8 Å². The van der Waals surface area contributed by atoms with E-state index in [1.807, 2.05) is 24.5 Å². The number of aryl methyl sites for hydroxylation is 1. The van der Waals surface area contributed by atoms with Crippen molar-refractivity contribution in [3.8, 4) is 0 Å². The molecule has 0 saturated carbocycles. The van der Waals surface area contributed by atoms with Crippen molar-refractivity contribution in [1.29, 1.82) is 0 Å². The van der Waals surface area contributed by atoms with Crippen molar-refractivity contribution >= 4 is 16.8 Å². The fourth-order valence-corrected chi connectivity index (χ4v) is 4.76. The van der Waals surface area contributed by atoms with Crippen molar-refractivity contribution in [3.63, 3.8) is 0 Å². The highest BCUT2D eigenvalue weighted by Crippen LogP contribution is 2.43. The first kappa shape index (κ1) is 14.8. The van der Waals surface area contributed by atoms with Gasteiger partial charge in [-0.2, -0.15) is 5.10 Å². The molecular weight excluding hydrogens is 312 g/mol. The van der Waals surface area contributed by atoms with Crippen molar-refractivity contribution < 1.29 is 4.79 Å². The largest absolute Gasteiger partial charge is 0.361 e. The van der Waals surface area contributed by atoms with Crippen molar-refractivity contribution in [1.82, 2.24) is 20.1 Å². The van der Waals surface area contributed by atoms with E-state index in [9.17, 15) is 4.79 Å². The number of H-pyrrole nitrogens is 2. The number of fused-ring (bicyclic) bond motifs is 3. The Morgan fingerprint density at radius 3 is 3.16 bits per heavy atom. The van der Waals surface area contributed by atoms with Crippen LogP contribution in [0.1, 0.15) is 36.1 Å². The maximum absolute atomic E-state index is 13.0. The molecule has 1 saturated heterocycles. The maximum Gasteiger partial charge on any atom is 0.227 e. The molecule has 3 heterocycles. The Hall–Kier alpha value is -2.56. The van der Waals surface area contributed by atoms with Gasteiger partial charge in [0.2, 0.25) is 5.91 Å². The van der Waals surface area contributed by atoms with Gasteiger partial charge < -0.3 is 9.88 Å². The van der Waals surface area contributed by atoms with Gasteiger partial charge in [0.05, 0.1) is 12.6 Å². The fourth-order valence-electron chi connectivity index (χ4n) is 4.76. The number of hydrogen-bond acceptors (Lipinski definition) is 2. The number of aromatic nitrogens is 3. The standard InChI is InChI=1S/C20H22N4O/c25-18(10-15-11-21-17-5-2-1-4-16(15)17)24-9-3-7-20(13-24)8-6-14-12-22-23-19(14)20/h1-2,4-5,11-12,21H,3,6-10,13H2,(H,22,23). The molecule has 5 rings (SSSR count). The zero-order valence-electron chi connectivity index (χ0n) is 14.2. The van der Waals surface area contributed by atoms with E-state index in [1.165, 1.54) is 11.3 Å². The van der Waals surface area contributed by atoms with E-state index in [4.69, 9.17) is 0 Å². The predicted octanol–water partition coefficient (Wildman–Crippen LogP) is 2.94. The minimum Gasteiger partial charge on any atom is -0.361 e. The summed E-state index contributed by atoms with van der Waals surface area (Å²) in [5, 5.41) is 8.59. The molecule has 1 unspecified atom stereocenters. The summed E-state index contributed by atoms with van der Waals surface area (Å²) in [5.41, 5.74) is 4.90. The molecule has 3 aromatic rings. The molecule has 128 valence electrons. The number of amides is 1. The van der Waals surface area contributed by atoms with E-state index in [0.717, 1.165) is 55.2 Å². The van der Waals surface area contributed by atoms with Crippen LogP contribution in [0.4, 0.5) is 0 Å². The van der Waals surface area contributed by atoms with Crippen molar-refractivity contribution in [2.24, 2.45) is 0 Å². The van der Waals surface area contributed by atoms with Gasteiger partial charge in [0.15, 0.2) is 0 Å². The molecule has 2 N–H and O–H groups in total. The molecular formula is C20H22N4O. The van der Waals surface area contributed by atoms with Gasteiger partial charge in [0, 0.05) is 41.3 Å². The average molecular weight is 334 g/mol. The van der Waals surface area contributed by atoms with Gasteiger partial charge >= 0.3 is 0 Å². The van der Waals surface area contributed by atoms with E-state index in [2.05, 4.69) is 32.2 Å². The number of nitrogens with one attached hydrogen (secondary N) is 2. The van der Waals surface area contributed by atoms with Gasteiger partial charge in [-0.05, 0) is 42.9 Å². The lowest BCUT2D eigenvalue weighted by atomic mass is 9.77. The number of piperidine rings is 1. The molecule has 2 aromatic heterocycles. The van der Waals surface area contributed by atoms with Crippen LogP contribution in [0.3, 0.4) is 0 Å². The Morgan fingerprint density at radius 1 is 1.28 bits per heavy atom. The van der Waals surface area contributed by atoms with Crippen LogP contribution in [0.5, 0.6) is 0 Å². The van der Waals surface area contributed by atoms with Crippen LogP contribution in [0, 0.1) is 0 Å². The van der Waals surface area contributed by atoms with Crippen LogP contribution < -0.4 is 0 Å². The molecule has 1 atom stereocenters. The average Bonchev–Trinajstić information content (AvgIpc) is 3.34. The number of aromatic amines is 2. The summed E-state index contributed by atoms with van der Waals surface area (Å²) in [5.74, 6) is 0.233. The smallest absolute Gasteiger partial charge is 0.227 e. The molecule has 0 bridgehead atoms. The van der Waals surface area contributed by atoms with Gasteiger partial charge in [-0.25, -0.2) is 0 Å². The highest BCUT2D eigenvalue weighted by atomic mass is 16.2. The first-order chi connectivity index (χ1) is 12.3. The molecule has 5 nitrogen and oxygen atoms in total. The summed E-state index contributed by atoms with van der Waals surface area (Å²) in [7, 11) is 0. The van der Waals surface area contributed by atoms with Gasteiger partial charge in [-0.1, -0.05) is 18.2 Å². The molecule has 1 aliphatic carbocycles. The number of benzene rings is 1. The zero-order chi connectivity index (χ0) is 16.9. The first-order valence-electron chi connectivity index (χ1n) is 9.11. The highest BCUT2D eigenvalue weighted by molar-refractivity contribution is 5.89. The van der Waals surface area contributed by atoms with Gasteiger partial charge in [0.25, 0.3) is 0 Å². The monoisotopic (exact) mass is 334 g/mol. The Bertz CT molecular complexity index is 940. The Kier molecular flexibility index (Phi) is 3.23. The molecule has 1 aromatic carbocycles. The van der Waals surface area contributed by atoms with Crippen molar-refractivity contribution in [2.75, 3.05) is 13.1 Å². The number of likely N-dealkylation sites (tertiary alicyclic amines) is 1. The van der Waals surface area contributed by atoms with E-state index in [0.29, 0.717) is 6.42 Å². The lowest BCUT2D eigenvalue weighted by Crippen LogP contribution is -2.48. The molecule has 1 fully saturated rings. The lowest BCUT2D eigenvalue weighted by Gasteiger charge is -2.40. The normalized spacial score (nSPS) is 22.6. The number of hydrogen-bond donors (Lipinski definition) is 2. The van der Waals surface area contributed by atoms with E-state index >= 15 is 0 Å². The number of nitrogens with zero attached hydrogens (tertiary/aromatic N) is 2. The molecule has 1 amide bonds. The Morgan fingerprint density at radius 2 is 2.20 bits per heavy atom. The van der Waals surface area contributed by atoms with E-state index in [1.54, 1.807) is 0 Å². The molecule has 0 radical (unpaired) electrons. The number of para-hydroxylation sites is 1. The predicted molar refractivity (Wildman–Crippen MR) is 96.4 cm³/mol. The second-order valence-electron chi connectivity index (χ2n) is 7.51. The summed E-state index contributed by atoms with van der Waals surface area (Å²) >= 11 is 0. The molecule has 5 heteroatoms. The maximum atomic E-state index is 13.0. The summed E-state index contributed by atoms with van der Waals surface area (Å²) in [4.78, 5) is 18.3. The summed E-state index contributed by atoms with van der Waals surface area (Å²) in [6.07, 6.45) is 8.83. The molecule has 1 spiro atoms. The Balaban J connectivity index is 1.37. The molecule has 2 aliphatic rings. The highest BCUT2D eigenvalue weighted by Gasteiger charge is 2.44. The van der Waals surface area contributed by atoms with Crippen LogP contribution in [0.2, 0.25) is 0 Å². The second-order valence-corrected chi connectivity index (χ2v) is 7.51. The third-order valence-corrected chi connectivity index (χ3v) is 6.07. The van der Waals surface area contributed by atoms with Crippen LogP contribution in [-0.2, 0) is 23.1 Å². The van der Waals surface area contributed by atoms with E-state index in [-0.39, 0.29) is 11.3 Å². The minimum absolute atomic E-state index is 0.0972. The summed E-state index contributed by atoms with van der Waals surface area (Å²) in [6, 6.07) is 8.18. The second kappa shape index (κ2) is 5.48. The van der Waals surface area contributed by atoms with Gasteiger partial charge in [-0.15, -0.1) is 0 Å². The van der Waals surface area contributed by atoms with Crippen LogP contribution in [0.25, 0.3) is 10.9 Å². The summed E-state index contributed by atoms with van der Waals surface area (Å²) < 4.78 is 0. The van der Waals surface area contributed by atoms with Crippen LogP contribution >= 0.6 is 0 Å². The lowest BCUT2D eigenvalue weighted by molar-refractivity contribution is -0.132. The minimum atomic E-state index is 0.0972. The molecule has 1 aliphatic heterocycles. The van der Waals surface area contributed by atoms with Crippen molar-refractivity contribution in [2.45, 2.75) is 37.5 Å². The first-order valence-corrected chi connectivity index (χ1v) is 9.11. The SMILES string of the molecule is O=C(Cc1c[nH]c2ccccc12)N1CCCC2(CCc3cn[nH]c32)C1. The summed E-state index contributed by atoms with van der Waals surface area (Å²) in [6.45, 7) is 1.69. The Labute approximate surface area is 146 Å². The van der Waals surface area contributed by atoms with Gasteiger partial charge in [-0.3, -0.25) is 9.89 Å². The number of carbonyl (C=O) groups excluding carboxylic acids is 1. The number of rotatable bonds is 2. The quantitative estimate of drug-likeness (QED) is 0.757. The third kappa shape index (κ3) is 2.29.